The Morgan fingerprint density at radius 2 is 1.13 bits per heavy atom. The third-order valence-corrected chi connectivity index (χ3v) is 7.99. The van der Waals surface area contributed by atoms with Crippen LogP contribution in [-0.4, -0.2) is 9.97 Å². The number of furan rings is 1. The predicted molar refractivity (Wildman–Crippen MR) is 161 cm³/mol. The molecule has 180 valence electrons. The molecular formula is C36H20N2O. The number of fused-ring (bicyclic) bond motifs is 6. The van der Waals surface area contributed by atoms with Crippen molar-refractivity contribution in [2.45, 2.75) is 0 Å². The number of hydrogen-bond acceptors (Lipinski definition) is 3. The number of nitrogens with zero attached hydrogens (tertiary/aromatic N) is 2. The van der Waals surface area contributed by atoms with Crippen LogP contribution in [0.3, 0.4) is 0 Å². The van der Waals surface area contributed by atoms with E-state index in [1.54, 1.807) is 0 Å². The van der Waals surface area contributed by atoms with Crippen LogP contribution in [0.2, 0.25) is 0 Å². The van der Waals surface area contributed by atoms with Gasteiger partial charge in [0.2, 0.25) is 0 Å². The van der Waals surface area contributed by atoms with Crippen molar-refractivity contribution in [1.82, 2.24) is 9.97 Å². The van der Waals surface area contributed by atoms with Crippen LogP contribution in [0.5, 0.6) is 0 Å². The van der Waals surface area contributed by atoms with E-state index < -0.39 is 0 Å². The summed E-state index contributed by atoms with van der Waals surface area (Å²) in [6.07, 6.45) is 0. The molecule has 0 N–H and O–H groups in total. The Morgan fingerprint density at radius 1 is 0.462 bits per heavy atom. The van der Waals surface area contributed by atoms with E-state index in [0.717, 1.165) is 55.5 Å². The Morgan fingerprint density at radius 3 is 1.95 bits per heavy atom. The van der Waals surface area contributed by atoms with Crippen molar-refractivity contribution < 1.29 is 4.42 Å². The minimum Gasteiger partial charge on any atom is -0.455 e. The first-order valence-electron chi connectivity index (χ1n) is 13.2. The van der Waals surface area contributed by atoms with E-state index in [-0.39, 0.29) is 0 Å². The molecule has 0 aliphatic heterocycles. The summed E-state index contributed by atoms with van der Waals surface area (Å²) in [5, 5.41) is 9.49. The van der Waals surface area contributed by atoms with E-state index in [4.69, 9.17) is 14.4 Å². The molecule has 0 bridgehead atoms. The largest absolute Gasteiger partial charge is 0.455 e. The van der Waals surface area contributed by atoms with Crippen LogP contribution in [-0.2, 0) is 0 Å². The molecule has 3 nitrogen and oxygen atoms in total. The van der Waals surface area contributed by atoms with Gasteiger partial charge in [0.15, 0.2) is 0 Å². The number of rotatable bonds is 2. The molecule has 0 aliphatic carbocycles. The van der Waals surface area contributed by atoms with Gasteiger partial charge in [0, 0.05) is 27.3 Å². The maximum absolute atomic E-state index is 6.75. The summed E-state index contributed by atoms with van der Waals surface area (Å²) in [6, 6.07) is 42.2. The molecule has 9 rings (SSSR count). The summed E-state index contributed by atoms with van der Waals surface area (Å²) >= 11 is 0. The molecule has 7 aromatic carbocycles. The highest BCUT2D eigenvalue weighted by Crippen LogP contribution is 2.47. The molecule has 0 saturated carbocycles. The quantitative estimate of drug-likeness (QED) is 0.177. The van der Waals surface area contributed by atoms with Crippen LogP contribution >= 0.6 is 0 Å². The fraction of sp³-hybridized carbons (Fsp3) is 0. The molecule has 2 heterocycles. The zero-order chi connectivity index (χ0) is 25.5. The monoisotopic (exact) mass is 496 g/mol. The summed E-state index contributed by atoms with van der Waals surface area (Å²) in [6.45, 7) is 0. The predicted octanol–water partition coefficient (Wildman–Crippen LogP) is 9.76. The van der Waals surface area contributed by atoms with E-state index in [9.17, 15) is 0 Å². The van der Waals surface area contributed by atoms with Gasteiger partial charge < -0.3 is 4.42 Å². The third-order valence-electron chi connectivity index (χ3n) is 7.99. The van der Waals surface area contributed by atoms with Crippen molar-refractivity contribution in [3.05, 3.63) is 121 Å². The molecule has 3 heteroatoms. The van der Waals surface area contributed by atoms with E-state index in [2.05, 4.69) is 78.9 Å². The zero-order valence-electron chi connectivity index (χ0n) is 20.8. The smallest absolute Gasteiger partial charge is 0.144 e. The fourth-order valence-corrected chi connectivity index (χ4v) is 6.33. The van der Waals surface area contributed by atoms with Gasteiger partial charge in [0.05, 0.1) is 22.4 Å². The van der Waals surface area contributed by atoms with Gasteiger partial charge in [0.1, 0.15) is 11.2 Å². The Hall–Kier alpha value is -5.28. The van der Waals surface area contributed by atoms with Crippen molar-refractivity contribution in [2.75, 3.05) is 0 Å². The highest BCUT2D eigenvalue weighted by Gasteiger charge is 2.23. The topological polar surface area (TPSA) is 38.9 Å². The van der Waals surface area contributed by atoms with Gasteiger partial charge in [-0.3, -0.25) is 0 Å². The molecule has 0 atom stereocenters. The lowest BCUT2D eigenvalue weighted by molar-refractivity contribution is 0.673. The standard InChI is InChI=1S/C36H20N2O/c1-2-10-21(11-3-1)34-35(38-29-18-7-6-17-28(29)37-34)26-16-8-12-22-20-27-24-14-5-4-13-23(24)25-15-9-19-30-32(25)33(27)36(39-30)31(22)26/h1-20H. The van der Waals surface area contributed by atoms with Crippen molar-refractivity contribution in [1.29, 1.82) is 0 Å². The van der Waals surface area contributed by atoms with Gasteiger partial charge in [-0.15, -0.1) is 0 Å². The van der Waals surface area contributed by atoms with Gasteiger partial charge in [-0.05, 0) is 51.2 Å². The van der Waals surface area contributed by atoms with E-state index in [1.165, 1.54) is 32.3 Å². The fourth-order valence-electron chi connectivity index (χ4n) is 6.33. The van der Waals surface area contributed by atoms with Crippen LogP contribution in [0.25, 0.3) is 87.8 Å². The van der Waals surface area contributed by atoms with Crippen LogP contribution in [0, 0.1) is 0 Å². The Balaban J connectivity index is 1.49. The van der Waals surface area contributed by atoms with Crippen LogP contribution < -0.4 is 0 Å². The van der Waals surface area contributed by atoms with Crippen LogP contribution in [0.4, 0.5) is 0 Å². The van der Waals surface area contributed by atoms with E-state index in [0.29, 0.717) is 0 Å². The lowest BCUT2D eigenvalue weighted by Gasteiger charge is -2.14. The van der Waals surface area contributed by atoms with Gasteiger partial charge in [0.25, 0.3) is 0 Å². The SMILES string of the molecule is c1ccc(-c2nc3ccccc3nc2-c2cccc3cc4c5ccccc5c5cccc6oc(c23)c4c65)cc1. The average molecular weight is 497 g/mol. The highest BCUT2D eigenvalue weighted by molar-refractivity contribution is 6.37. The Bertz CT molecular complexity index is 2390. The lowest BCUT2D eigenvalue weighted by atomic mass is 9.90. The van der Waals surface area contributed by atoms with Gasteiger partial charge in [-0.1, -0.05) is 97.1 Å². The summed E-state index contributed by atoms with van der Waals surface area (Å²) in [5.74, 6) is 0. The third kappa shape index (κ3) is 2.82. The number of benzene rings is 7. The Kier molecular flexibility index (Phi) is 4.05. The van der Waals surface area contributed by atoms with Gasteiger partial charge in [-0.25, -0.2) is 9.97 Å². The molecular weight excluding hydrogens is 476 g/mol. The first-order chi connectivity index (χ1) is 19.3. The van der Waals surface area contributed by atoms with Crippen LogP contribution in [0.1, 0.15) is 0 Å². The maximum atomic E-state index is 6.75. The second-order valence-corrected chi connectivity index (χ2v) is 10.1. The van der Waals surface area contributed by atoms with Crippen LogP contribution in [0.15, 0.2) is 126 Å². The van der Waals surface area contributed by atoms with Crippen molar-refractivity contribution in [3.8, 4) is 22.5 Å². The minimum absolute atomic E-state index is 0.859. The summed E-state index contributed by atoms with van der Waals surface area (Å²) < 4.78 is 6.75. The molecule has 0 saturated heterocycles. The van der Waals surface area contributed by atoms with E-state index >= 15 is 0 Å². The molecule has 39 heavy (non-hydrogen) atoms. The van der Waals surface area contributed by atoms with Gasteiger partial charge in [-0.2, -0.15) is 0 Å². The summed E-state index contributed by atoms with van der Waals surface area (Å²) in [5.41, 5.74) is 7.36. The molecule has 2 aromatic heterocycles. The molecule has 0 aliphatic rings. The summed E-state index contributed by atoms with van der Waals surface area (Å²) in [4.78, 5) is 10.3. The minimum atomic E-state index is 0.859. The molecule has 0 fully saturated rings. The van der Waals surface area contributed by atoms with E-state index in [1.807, 2.05) is 42.5 Å². The van der Waals surface area contributed by atoms with Gasteiger partial charge >= 0.3 is 0 Å². The molecule has 0 amide bonds. The number of aromatic nitrogens is 2. The zero-order valence-corrected chi connectivity index (χ0v) is 20.8. The second kappa shape index (κ2) is 7.62. The summed E-state index contributed by atoms with van der Waals surface area (Å²) in [7, 11) is 0. The number of hydrogen-bond donors (Lipinski definition) is 0. The molecule has 0 spiro atoms. The average Bonchev–Trinajstić information content (AvgIpc) is 3.40. The maximum Gasteiger partial charge on any atom is 0.144 e. The van der Waals surface area contributed by atoms with Crippen molar-refractivity contribution in [2.24, 2.45) is 0 Å². The Labute approximate surface area is 223 Å². The normalized spacial score (nSPS) is 12.1. The van der Waals surface area contributed by atoms with Crippen molar-refractivity contribution >= 4 is 65.3 Å². The molecule has 9 aromatic rings. The first-order valence-corrected chi connectivity index (χ1v) is 13.2. The molecule has 0 unspecified atom stereocenters. The second-order valence-electron chi connectivity index (χ2n) is 10.1. The molecule has 0 radical (unpaired) electrons. The van der Waals surface area contributed by atoms with Crippen molar-refractivity contribution in [3.63, 3.8) is 0 Å². The first kappa shape index (κ1) is 20.7. The number of para-hydroxylation sites is 2. The lowest BCUT2D eigenvalue weighted by Crippen LogP contribution is -1.96. The highest BCUT2D eigenvalue weighted by atomic mass is 16.3.